The highest BCUT2D eigenvalue weighted by Crippen LogP contribution is 2.31. The van der Waals surface area contributed by atoms with Crippen molar-refractivity contribution in [1.29, 1.82) is 5.26 Å². The Labute approximate surface area is 82.2 Å². The van der Waals surface area contributed by atoms with Gasteiger partial charge in [-0.25, -0.2) is 0 Å². The highest BCUT2D eigenvalue weighted by atomic mass is 32.1. The molecule has 1 saturated carbocycles. The monoisotopic (exact) mass is 192 g/mol. The normalized spacial score (nSPS) is 19.0. The molecule has 0 aliphatic heterocycles. The van der Waals surface area contributed by atoms with E-state index in [0.717, 1.165) is 19.4 Å². The SMILES string of the molecule is N#CC1(NCc2cccs2)CCC1. The molecule has 0 amide bonds. The summed E-state index contributed by atoms with van der Waals surface area (Å²) in [5.41, 5.74) is -0.204. The first-order valence-corrected chi connectivity index (χ1v) is 5.41. The van der Waals surface area contributed by atoms with Crippen LogP contribution < -0.4 is 5.32 Å². The quantitative estimate of drug-likeness (QED) is 0.797. The molecule has 1 fully saturated rings. The van der Waals surface area contributed by atoms with E-state index >= 15 is 0 Å². The lowest BCUT2D eigenvalue weighted by Gasteiger charge is -2.35. The van der Waals surface area contributed by atoms with Crippen LogP contribution in [0.5, 0.6) is 0 Å². The first-order valence-electron chi connectivity index (χ1n) is 4.53. The van der Waals surface area contributed by atoms with Gasteiger partial charge in [-0.3, -0.25) is 5.32 Å². The minimum atomic E-state index is -0.204. The molecule has 68 valence electrons. The van der Waals surface area contributed by atoms with E-state index in [2.05, 4.69) is 22.8 Å². The first kappa shape index (κ1) is 8.74. The van der Waals surface area contributed by atoms with Crippen LogP contribution in [0.4, 0.5) is 0 Å². The van der Waals surface area contributed by atoms with Crippen LogP contribution in [0.3, 0.4) is 0 Å². The maximum absolute atomic E-state index is 8.96. The molecule has 13 heavy (non-hydrogen) atoms. The van der Waals surface area contributed by atoms with Gasteiger partial charge in [0.25, 0.3) is 0 Å². The van der Waals surface area contributed by atoms with Gasteiger partial charge in [-0.1, -0.05) is 6.07 Å². The van der Waals surface area contributed by atoms with Crippen LogP contribution in [0.2, 0.25) is 0 Å². The van der Waals surface area contributed by atoms with Crippen LogP contribution in [0.25, 0.3) is 0 Å². The molecule has 1 aliphatic carbocycles. The molecule has 1 aliphatic rings. The minimum absolute atomic E-state index is 0.204. The van der Waals surface area contributed by atoms with Crippen molar-refractivity contribution in [1.82, 2.24) is 5.32 Å². The number of hydrogen-bond acceptors (Lipinski definition) is 3. The summed E-state index contributed by atoms with van der Waals surface area (Å²) in [7, 11) is 0. The molecular weight excluding hydrogens is 180 g/mol. The van der Waals surface area contributed by atoms with Gasteiger partial charge in [0.15, 0.2) is 0 Å². The Bertz CT molecular complexity index is 306. The van der Waals surface area contributed by atoms with Gasteiger partial charge in [0.2, 0.25) is 0 Å². The molecular formula is C10H12N2S. The smallest absolute Gasteiger partial charge is 0.107 e. The van der Waals surface area contributed by atoms with Gasteiger partial charge in [-0.15, -0.1) is 11.3 Å². The lowest BCUT2D eigenvalue weighted by atomic mass is 9.78. The maximum atomic E-state index is 8.96. The van der Waals surface area contributed by atoms with Crippen LogP contribution in [-0.4, -0.2) is 5.54 Å². The van der Waals surface area contributed by atoms with E-state index in [4.69, 9.17) is 5.26 Å². The molecule has 0 atom stereocenters. The first-order chi connectivity index (χ1) is 6.35. The Morgan fingerprint density at radius 1 is 1.62 bits per heavy atom. The van der Waals surface area contributed by atoms with Crippen molar-refractivity contribution in [2.75, 3.05) is 0 Å². The number of nitriles is 1. The van der Waals surface area contributed by atoms with Crippen LogP contribution >= 0.6 is 11.3 Å². The van der Waals surface area contributed by atoms with E-state index in [1.165, 1.54) is 11.3 Å². The van der Waals surface area contributed by atoms with Gasteiger partial charge in [0, 0.05) is 11.4 Å². The summed E-state index contributed by atoms with van der Waals surface area (Å²) in [5, 5.41) is 14.4. The number of hydrogen-bond donors (Lipinski definition) is 1. The molecule has 2 nitrogen and oxygen atoms in total. The summed E-state index contributed by atoms with van der Waals surface area (Å²) in [4.78, 5) is 1.31. The second kappa shape index (κ2) is 3.49. The maximum Gasteiger partial charge on any atom is 0.107 e. The van der Waals surface area contributed by atoms with Crippen LogP contribution in [-0.2, 0) is 6.54 Å². The van der Waals surface area contributed by atoms with Crippen LogP contribution in [0.15, 0.2) is 17.5 Å². The van der Waals surface area contributed by atoms with Gasteiger partial charge < -0.3 is 0 Å². The van der Waals surface area contributed by atoms with Gasteiger partial charge >= 0.3 is 0 Å². The fourth-order valence-corrected chi connectivity index (χ4v) is 2.17. The molecule has 2 rings (SSSR count). The zero-order chi connectivity index (χ0) is 9.15. The summed E-state index contributed by atoms with van der Waals surface area (Å²) in [6, 6.07) is 6.51. The molecule has 1 aromatic heterocycles. The molecule has 0 spiro atoms. The second-order valence-electron chi connectivity index (χ2n) is 3.48. The molecule has 0 bridgehead atoms. The summed E-state index contributed by atoms with van der Waals surface area (Å²) in [6.45, 7) is 0.839. The molecule has 1 heterocycles. The average Bonchev–Trinajstić information content (AvgIpc) is 2.56. The fourth-order valence-electron chi connectivity index (χ4n) is 1.53. The Morgan fingerprint density at radius 2 is 2.46 bits per heavy atom. The zero-order valence-electron chi connectivity index (χ0n) is 7.42. The Hall–Kier alpha value is -0.850. The summed E-state index contributed by atoms with van der Waals surface area (Å²) >= 11 is 1.74. The molecule has 0 aromatic carbocycles. The zero-order valence-corrected chi connectivity index (χ0v) is 8.23. The van der Waals surface area contributed by atoms with Crippen molar-refractivity contribution in [3.63, 3.8) is 0 Å². The third-order valence-electron chi connectivity index (χ3n) is 2.60. The van der Waals surface area contributed by atoms with Crippen molar-refractivity contribution in [2.24, 2.45) is 0 Å². The topological polar surface area (TPSA) is 35.8 Å². The van der Waals surface area contributed by atoms with E-state index < -0.39 is 0 Å². The van der Waals surface area contributed by atoms with Gasteiger partial charge in [0.05, 0.1) is 6.07 Å². The highest BCUT2D eigenvalue weighted by molar-refractivity contribution is 7.09. The van der Waals surface area contributed by atoms with Crippen molar-refractivity contribution >= 4 is 11.3 Å². The summed E-state index contributed by atoms with van der Waals surface area (Å²) < 4.78 is 0. The largest absolute Gasteiger partial charge is 0.294 e. The Balaban J connectivity index is 1.89. The van der Waals surface area contributed by atoms with Crippen molar-refractivity contribution < 1.29 is 0 Å². The third kappa shape index (κ3) is 1.74. The molecule has 0 unspecified atom stereocenters. The molecule has 1 N–H and O–H groups in total. The number of rotatable bonds is 3. The lowest BCUT2D eigenvalue weighted by molar-refractivity contribution is 0.253. The molecule has 0 saturated heterocycles. The lowest BCUT2D eigenvalue weighted by Crippen LogP contribution is -2.49. The second-order valence-corrected chi connectivity index (χ2v) is 4.51. The Kier molecular flexibility index (Phi) is 2.34. The number of nitrogens with zero attached hydrogens (tertiary/aromatic N) is 1. The number of nitrogens with one attached hydrogen (secondary N) is 1. The molecule has 0 radical (unpaired) electrons. The van der Waals surface area contributed by atoms with E-state index in [1.54, 1.807) is 11.3 Å². The van der Waals surface area contributed by atoms with E-state index in [-0.39, 0.29) is 5.54 Å². The Morgan fingerprint density at radius 3 is 2.92 bits per heavy atom. The van der Waals surface area contributed by atoms with Gasteiger partial charge in [-0.05, 0) is 30.7 Å². The van der Waals surface area contributed by atoms with Crippen LogP contribution in [0, 0.1) is 11.3 Å². The average molecular weight is 192 g/mol. The van der Waals surface area contributed by atoms with E-state index in [9.17, 15) is 0 Å². The molecule has 3 heteroatoms. The minimum Gasteiger partial charge on any atom is -0.294 e. The standard InChI is InChI=1S/C10H12N2S/c11-8-10(4-2-5-10)12-7-9-3-1-6-13-9/h1,3,6,12H,2,4-5,7H2. The van der Waals surface area contributed by atoms with Crippen molar-refractivity contribution in [3.8, 4) is 6.07 Å². The third-order valence-corrected chi connectivity index (χ3v) is 3.48. The van der Waals surface area contributed by atoms with E-state index in [0.29, 0.717) is 0 Å². The molecule has 1 aromatic rings. The predicted molar refractivity (Wildman–Crippen MR) is 53.4 cm³/mol. The van der Waals surface area contributed by atoms with E-state index in [1.807, 2.05) is 6.07 Å². The number of thiophene rings is 1. The predicted octanol–water partition coefficient (Wildman–Crippen LogP) is 2.28. The highest BCUT2D eigenvalue weighted by Gasteiger charge is 2.36. The fraction of sp³-hybridized carbons (Fsp3) is 0.500. The summed E-state index contributed by atoms with van der Waals surface area (Å²) in [6.07, 6.45) is 3.20. The van der Waals surface area contributed by atoms with Crippen molar-refractivity contribution in [2.45, 2.75) is 31.3 Å². The van der Waals surface area contributed by atoms with Gasteiger partial charge in [-0.2, -0.15) is 5.26 Å². The van der Waals surface area contributed by atoms with Gasteiger partial charge in [0.1, 0.15) is 5.54 Å². The van der Waals surface area contributed by atoms with Crippen LogP contribution in [0.1, 0.15) is 24.1 Å². The van der Waals surface area contributed by atoms with Crippen molar-refractivity contribution in [3.05, 3.63) is 22.4 Å². The summed E-state index contributed by atoms with van der Waals surface area (Å²) in [5.74, 6) is 0.